The van der Waals surface area contributed by atoms with E-state index in [1.54, 1.807) is 18.5 Å². The number of carbonyl (C=O) groups excluding carboxylic acids is 3. The van der Waals surface area contributed by atoms with Crippen LogP contribution in [-0.4, -0.2) is 69.3 Å². The van der Waals surface area contributed by atoms with Gasteiger partial charge in [0.1, 0.15) is 29.9 Å². The van der Waals surface area contributed by atoms with Gasteiger partial charge in [-0.2, -0.15) is 0 Å². The first kappa shape index (κ1) is 25.0. The Hall–Kier alpha value is -2.67. The molecule has 3 N–H and O–H groups in total. The molecule has 1 saturated heterocycles. The van der Waals surface area contributed by atoms with Crippen molar-refractivity contribution in [1.82, 2.24) is 15.0 Å². The van der Waals surface area contributed by atoms with E-state index in [9.17, 15) is 14.4 Å². The highest BCUT2D eigenvalue weighted by atomic mass is 35.5. The highest BCUT2D eigenvalue weighted by molar-refractivity contribution is 8.00. The molecule has 11 nitrogen and oxygen atoms in total. The molecule has 13 heteroatoms. The summed E-state index contributed by atoms with van der Waals surface area (Å²) in [6, 6.07) is 0.694. The lowest BCUT2D eigenvalue weighted by atomic mass is 9.97. The molecule has 0 bridgehead atoms. The van der Waals surface area contributed by atoms with Gasteiger partial charge in [-0.3, -0.25) is 19.4 Å². The smallest absolute Gasteiger partial charge is 0.303 e. The summed E-state index contributed by atoms with van der Waals surface area (Å²) in [7, 11) is 0. The van der Waals surface area contributed by atoms with Crippen LogP contribution in [-0.2, 0) is 33.3 Å². The molecule has 2 aromatic rings. The van der Waals surface area contributed by atoms with Gasteiger partial charge in [0.05, 0.1) is 11.1 Å². The Labute approximate surface area is 198 Å². The van der Waals surface area contributed by atoms with Gasteiger partial charge in [0.25, 0.3) is 0 Å². The van der Waals surface area contributed by atoms with E-state index >= 15 is 0 Å². The maximum absolute atomic E-state index is 11.8. The minimum Gasteiger partial charge on any atom is -0.463 e. The number of esters is 3. The van der Waals surface area contributed by atoms with Gasteiger partial charge in [0.2, 0.25) is 0 Å². The number of imidazole rings is 1. The summed E-state index contributed by atoms with van der Waals surface area (Å²) in [4.78, 5) is 47.0. The predicted molar refractivity (Wildman–Crippen MR) is 117 cm³/mol. The Morgan fingerprint density at radius 2 is 1.85 bits per heavy atom. The number of halogens is 1. The number of thioether (sulfide) groups is 1. The molecule has 3 heterocycles. The molecule has 1 aliphatic heterocycles. The SMILES string of the molecule is CC(=O)OCC1OC(Sc2cc(Cl)cnc2-c2ncc[nH]2)C(OC(C)=O)C(N)C1OC(C)=O. The first-order valence-electron chi connectivity index (χ1n) is 9.86. The Morgan fingerprint density at radius 1 is 1.15 bits per heavy atom. The maximum atomic E-state index is 11.8. The number of rotatable bonds is 7. The third kappa shape index (κ3) is 6.44. The van der Waals surface area contributed by atoms with Crippen molar-refractivity contribution < 1.29 is 33.3 Å². The van der Waals surface area contributed by atoms with Gasteiger partial charge < -0.3 is 29.7 Å². The van der Waals surface area contributed by atoms with Crippen molar-refractivity contribution >= 4 is 41.3 Å². The van der Waals surface area contributed by atoms with Gasteiger partial charge in [-0.15, -0.1) is 0 Å². The fourth-order valence-corrected chi connectivity index (χ4v) is 4.75. The molecule has 0 amide bonds. The largest absolute Gasteiger partial charge is 0.463 e. The van der Waals surface area contributed by atoms with E-state index in [2.05, 4.69) is 15.0 Å². The third-order valence-electron chi connectivity index (χ3n) is 4.54. The monoisotopic (exact) mass is 498 g/mol. The highest BCUT2D eigenvalue weighted by Crippen LogP contribution is 2.39. The maximum Gasteiger partial charge on any atom is 0.303 e. The first-order chi connectivity index (χ1) is 15.7. The summed E-state index contributed by atoms with van der Waals surface area (Å²) in [5.41, 5.74) is 6.00. The number of nitrogens with one attached hydrogen (secondary N) is 1. The van der Waals surface area contributed by atoms with E-state index < -0.39 is 47.7 Å². The van der Waals surface area contributed by atoms with Crippen molar-refractivity contribution in [3.8, 4) is 11.5 Å². The molecule has 5 atom stereocenters. The van der Waals surface area contributed by atoms with Crippen molar-refractivity contribution in [1.29, 1.82) is 0 Å². The lowest BCUT2D eigenvalue weighted by Gasteiger charge is -2.43. The molecule has 0 radical (unpaired) electrons. The lowest BCUT2D eigenvalue weighted by molar-refractivity contribution is -0.201. The van der Waals surface area contributed by atoms with Crippen LogP contribution in [0, 0.1) is 0 Å². The molecule has 33 heavy (non-hydrogen) atoms. The van der Waals surface area contributed by atoms with Crippen LogP contribution in [0.15, 0.2) is 29.6 Å². The van der Waals surface area contributed by atoms with Crippen LogP contribution in [0.3, 0.4) is 0 Å². The lowest BCUT2D eigenvalue weighted by Crippen LogP contribution is -2.63. The Morgan fingerprint density at radius 3 is 2.45 bits per heavy atom. The number of nitrogens with two attached hydrogens (primary N) is 1. The summed E-state index contributed by atoms with van der Waals surface area (Å²) >= 11 is 7.32. The normalized spacial score (nSPS) is 24.7. The second kappa shape index (κ2) is 11.0. The van der Waals surface area contributed by atoms with Gasteiger partial charge >= 0.3 is 17.9 Å². The third-order valence-corrected chi connectivity index (χ3v) is 5.93. The zero-order valence-corrected chi connectivity index (χ0v) is 19.6. The molecule has 0 spiro atoms. The van der Waals surface area contributed by atoms with Crippen LogP contribution in [0.2, 0.25) is 5.02 Å². The number of aromatic amines is 1. The molecule has 5 unspecified atom stereocenters. The first-order valence-corrected chi connectivity index (χ1v) is 11.1. The van der Waals surface area contributed by atoms with Gasteiger partial charge in [-0.1, -0.05) is 23.4 Å². The van der Waals surface area contributed by atoms with Crippen LogP contribution in [0.25, 0.3) is 11.5 Å². The molecular weight excluding hydrogens is 476 g/mol. The quantitative estimate of drug-likeness (QED) is 0.423. The van der Waals surface area contributed by atoms with Crippen molar-refractivity contribution in [2.24, 2.45) is 5.73 Å². The number of aromatic nitrogens is 3. The van der Waals surface area contributed by atoms with Crippen molar-refractivity contribution in [2.45, 2.75) is 55.5 Å². The molecule has 0 saturated carbocycles. The van der Waals surface area contributed by atoms with Crippen LogP contribution in [0.4, 0.5) is 0 Å². The second-order valence-corrected chi connectivity index (χ2v) is 8.70. The minimum atomic E-state index is -1.02. The predicted octanol–water partition coefficient (Wildman–Crippen LogP) is 1.70. The summed E-state index contributed by atoms with van der Waals surface area (Å²) in [6.45, 7) is 3.47. The van der Waals surface area contributed by atoms with Crippen LogP contribution in [0.1, 0.15) is 20.8 Å². The number of H-pyrrole nitrogens is 1. The molecule has 3 rings (SSSR count). The average molecular weight is 499 g/mol. The summed E-state index contributed by atoms with van der Waals surface area (Å²) in [6.07, 6.45) is 1.76. The standard InChI is InChI=1S/C20H23ClN4O7S/c1-9(26)29-8-13-17(30-10(2)27)15(22)18(31-11(3)28)20(32-13)33-14-6-12(21)7-25-16(14)19-23-4-5-24-19/h4-7,13,15,17-18,20H,8,22H2,1-3H3,(H,23,24). The van der Waals surface area contributed by atoms with E-state index in [0.717, 1.165) is 11.8 Å². The van der Waals surface area contributed by atoms with E-state index in [1.165, 1.54) is 27.0 Å². The Bertz CT molecular complexity index is 1000. The molecular formula is C20H23ClN4O7S. The van der Waals surface area contributed by atoms with E-state index in [4.69, 9.17) is 36.3 Å². The van der Waals surface area contributed by atoms with Crippen LogP contribution < -0.4 is 5.73 Å². The van der Waals surface area contributed by atoms with E-state index in [-0.39, 0.29) is 6.61 Å². The van der Waals surface area contributed by atoms with E-state index in [1.807, 2.05) is 0 Å². The molecule has 1 aliphatic rings. The number of ether oxygens (including phenoxy) is 4. The summed E-state index contributed by atoms with van der Waals surface area (Å²) in [5.74, 6) is -1.26. The van der Waals surface area contributed by atoms with E-state index in [0.29, 0.717) is 21.4 Å². The topological polar surface area (TPSA) is 156 Å². The molecule has 2 aromatic heterocycles. The van der Waals surface area contributed by atoms with Gasteiger partial charge in [0.15, 0.2) is 11.9 Å². The van der Waals surface area contributed by atoms with Gasteiger partial charge in [-0.25, -0.2) is 4.98 Å². The number of hydrogen-bond acceptors (Lipinski definition) is 11. The Kier molecular flexibility index (Phi) is 8.30. The zero-order chi connectivity index (χ0) is 24.1. The van der Waals surface area contributed by atoms with Crippen molar-refractivity contribution in [3.05, 3.63) is 29.7 Å². The number of nitrogens with zero attached hydrogens (tertiary/aromatic N) is 2. The fourth-order valence-electron chi connectivity index (χ4n) is 3.25. The van der Waals surface area contributed by atoms with Crippen molar-refractivity contribution in [3.63, 3.8) is 0 Å². The zero-order valence-electron chi connectivity index (χ0n) is 18.0. The summed E-state index contributed by atoms with van der Waals surface area (Å²) in [5, 5.41) is 0.367. The molecule has 1 fully saturated rings. The minimum absolute atomic E-state index is 0.219. The van der Waals surface area contributed by atoms with Gasteiger partial charge in [0, 0.05) is 44.3 Å². The number of carbonyl (C=O) groups is 3. The van der Waals surface area contributed by atoms with Gasteiger partial charge in [-0.05, 0) is 6.07 Å². The fraction of sp³-hybridized carbons (Fsp3) is 0.450. The Balaban J connectivity index is 1.96. The number of pyridine rings is 1. The van der Waals surface area contributed by atoms with Crippen molar-refractivity contribution in [2.75, 3.05) is 6.61 Å². The molecule has 0 aliphatic carbocycles. The highest BCUT2D eigenvalue weighted by Gasteiger charge is 2.49. The van der Waals surface area contributed by atoms with Crippen LogP contribution in [0.5, 0.6) is 0 Å². The molecule has 0 aromatic carbocycles. The molecule has 178 valence electrons. The second-order valence-electron chi connectivity index (χ2n) is 7.13. The average Bonchev–Trinajstić information content (AvgIpc) is 3.25. The summed E-state index contributed by atoms with van der Waals surface area (Å²) < 4.78 is 22.0. The number of hydrogen-bond donors (Lipinski definition) is 2. The van der Waals surface area contributed by atoms with Crippen LogP contribution >= 0.6 is 23.4 Å².